The van der Waals surface area contributed by atoms with Gasteiger partial charge in [-0.25, -0.2) is 4.39 Å². The second-order valence-electron chi connectivity index (χ2n) is 10.9. The lowest BCUT2D eigenvalue weighted by atomic mass is 9.87. The van der Waals surface area contributed by atoms with E-state index in [2.05, 4.69) is 33.7 Å². The van der Waals surface area contributed by atoms with Crippen LogP contribution in [0.2, 0.25) is 0 Å². The van der Waals surface area contributed by atoms with Crippen molar-refractivity contribution in [3.63, 3.8) is 0 Å². The van der Waals surface area contributed by atoms with Crippen molar-refractivity contribution in [3.05, 3.63) is 90.3 Å². The van der Waals surface area contributed by atoms with Crippen molar-refractivity contribution >= 4 is 34.0 Å². The fourth-order valence-electron chi connectivity index (χ4n) is 5.76. The minimum atomic E-state index is -1.01. The normalized spacial score (nSPS) is 19.4. The predicted molar refractivity (Wildman–Crippen MR) is 156 cm³/mol. The van der Waals surface area contributed by atoms with Crippen molar-refractivity contribution in [2.45, 2.75) is 12.8 Å². The van der Waals surface area contributed by atoms with Crippen molar-refractivity contribution in [2.24, 2.45) is 5.41 Å². The van der Waals surface area contributed by atoms with E-state index in [0.717, 1.165) is 22.9 Å². The van der Waals surface area contributed by atoms with Crippen LogP contribution < -0.4 is 5.32 Å². The average molecular weight is 554 g/mol. The van der Waals surface area contributed by atoms with E-state index in [9.17, 15) is 19.1 Å². The molecule has 3 N–H and O–H groups in total. The van der Waals surface area contributed by atoms with Crippen LogP contribution in [-0.2, 0) is 9.59 Å². The summed E-state index contributed by atoms with van der Waals surface area (Å²) in [5.74, 6) is -0.580. The number of hydrogen-bond donors (Lipinski definition) is 3. The number of fused-ring (bicyclic) bond motifs is 1. The first-order chi connectivity index (χ1) is 19.9. The van der Waals surface area contributed by atoms with Crippen molar-refractivity contribution in [2.75, 3.05) is 44.6 Å². The Bertz CT molecular complexity index is 1600. The van der Waals surface area contributed by atoms with Crippen LogP contribution in [-0.4, -0.2) is 76.2 Å². The molecule has 210 valence electrons. The van der Waals surface area contributed by atoms with Crippen molar-refractivity contribution in [1.82, 2.24) is 20.0 Å². The number of amides is 2. The number of benzene rings is 3. The molecule has 3 heterocycles. The fourth-order valence-corrected chi connectivity index (χ4v) is 5.76. The molecule has 41 heavy (non-hydrogen) atoms. The van der Waals surface area contributed by atoms with Gasteiger partial charge in [0.2, 0.25) is 11.8 Å². The predicted octanol–water partition coefficient (Wildman–Crippen LogP) is 4.31. The molecular weight excluding hydrogens is 521 g/mol. The lowest BCUT2D eigenvalue weighted by molar-refractivity contribution is -0.133. The third kappa shape index (κ3) is 5.51. The van der Waals surface area contributed by atoms with Crippen molar-refractivity contribution in [1.29, 1.82) is 0 Å². The zero-order chi connectivity index (χ0) is 28.4. The standard InChI is InChI=1S/C32H32FN5O3/c33-25-8-6-24(7-9-25)30-27-18-26(10-11-28(27)35-36-30)34-31(41)32(21-39)14-17-37(20-32)19-29(40)38-15-12-23(13-16-38)22-4-2-1-3-5-22/h1-12,18,39H,13-17,19-21H2,(H,34,41)(H,35,36). The molecule has 2 aliphatic rings. The summed E-state index contributed by atoms with van der Waals surface area (Å²) in [6.07, 6.45) is 3.38. The smallest absolute Gasteiger partial charge is 0.237 e. The molecule has 0 aliphatic carbocycles. The molecule has 1 aromatic heterocycles. The summed E-state index contributed by atoms with van der Waals surface area (Å²) >= 11 is 0. The number of aromatic nitrogens is 2. The fraction of sp³-hybridized carbons (Fsp3) is 0.281. The quantitative estimate of drug-likeness (QED) is 0.317. The number of hydrogen-bond acceptors (Lipinski definition) is 5. The number of aliphatic hydroxyl groups excluding tert-OH is 1. The number of halogens is 1. The van der Waals surface area contributed by atoms with Gasteiger partial charge in [0, 0.05) is 36.3 Å². The van der Waals surface area contributed by atoms with Crippen LogP contribution >= 0.6 is 0 Å². The summed E-state index contributed by atoms with van der Waals surface area (Å²) in [6.45, 7) is 1.98. The Hall–Kier alpha value is -4.34. The number of nitrogens with zero attached hydrogens (tertiary/aromatic N) is 3. The monoisotopic (exact) mass is 553 g/mol. The third-order valence-corrected chi connectivity index (χ3v) is 8.22. The number of rotatable bonds is 7. The molecule has 0 radical (unpaired) electrons. The van der Waals surface area contributed by atoms with Gasteiger partial charge in [0.05, 0.1) is 29.8 Å². The highest BCUT2D eigenvalue weighted by molar-refractivity contribution is 6.00. The number of anilines is 1. The van der Waals surface area contributed by atoms with Gasteiger partial charge in [0.15, 0.2) is 0 Å². The topological polar surface area (TPSA) is 102 Å². The van der Waals surface area contributed by atoms with Gasteiger partial charge in [-0.1, -0.05) is 36.4 Å². The van der Waals surface area contributed by atoms with E-state index in [0.29, 0.717) is 44.0 Å². The lowest BCUT2D eigenvalue weighted by Crippen LogP contribution is -2.45. The maximum Gasteiger partial charge on any atom is 0.237 e. The van der Waals surface area contributed by atoms with Gasteiger partial charge < -0.3 is 15.3 Å². The number of aliphatic hydroxyl groups is 1. The largest absolute Gasteiger partial charge is 0.395 e. The second-order valence-corrected chi connectivity index (χ2v) is 10.9. The molecule has 3 aromatic carbocycles. The Morgan fingerprint density at radius 2 is 1.83 bits per heavy atom. The number of aromatic amines is 1. The maximum absolute atomic E-state index is 13.5. The minimum absolute atomic E-state index is 0.0289. The molecule has 1 unspecified atom stereocenters. The van der Waals surface area contributed by atoms with E-state index >= 15 is 0 Å². The van der Waals surface area contributed by atoms with E-state index in [1.807, 2.05) is 40.1 Å². The average Bonchev–Trinajstić information content (AvgIpc) is 3.63. The van der Waals surface area contributed by atoms with Crippen LogP contribution in [0.4, 0.5) is 10.1 Å². The van der Waals surface area contributed by atoms with E-state index in [4.69, 9.17) is 0 Å². The first-order valence-electron chi connectivity index (χ1n) is 13.9. The van der Waals surface area contributed by atoms with Crippen LogP contribution in [0.15, 0.2) is 78.9 Å². The number of carbonyl (C=O) groups excluding carboxylic acids is 2. The zero-order valence-corrected chi connectivity index (χ0v) is 22.6. The Morgan fingerprint density at radius 1 is 1.02 bits per heavy atom. The highest BCUT2D eigenvalue weighted by Crippen LogP contribution is 2.33. The summed E-state index contributed by atoms with van der Waals surface area (Å²) in [5, 5.41) is 21.4. The molecule has 9 heteroatoms. The highest BCUT2D eigenvalue weighted by Gasteiger charge is 2.45. The summed E-state index contributed by atoms with van der Waals surface area (Å²) in [7, 11) is 0. The number of carbonyl (C=O) groups is 2. The lowest BCUT2D eigenvalue weighted by Gasteiger charge is -2.29. The van der Waals surface area contributed by atoms with Crippen LogP contribution in [0, 0.1) is 11.2 Å². The van der Waals surface area contributed by atoms with Crippen molar-refractivity contribution < 1.29 is 19.1 Å². The SMILES string of the molecule is O=C(CN1CCC(CO)(C(=O)Nc2ccc3[nH]nc(-c4ccc(F)cc4)c3c2)C1)N1CC=C(c2ccccc2)CC1. The van der Waals surface area contributed by atoms with Gasteiger partial charge in [0.1, 0.15) is 5.82 Å². The third-order valence-electron chi connectivity index (χ3n) is 8.22. The van der Waals surface area contributed by atoms with E-state index < -0.39 is 5.41 Å². The van der Waals surface area contributed by atoms with Gasteiger partial charge in [-0.05, 0) is 73.0 Å². The van der Waals surface area contributed by atoms with Crippen LogP contribution in [0.5, 0.6) is 0 Å². The molecular formula is C32H32FN5O3. The molecule has 2 aliphatic heterocycles. The van der Waals surface area contributed by atoms with Gasteiger partial charge in [0.25, 0.3) is 0 Å². The minimum Gasteiger partial charge on any atom is -0.395 e. The Balaban J connectivity index is 1.10. The van der Waals surface area contributed by atoms with E-state index in [1.54, 1.807) is 18.2 Å². The molecule has 2 amide bonds. The van der Waals surface area contributed by atoms with Gasteiger partial charge in [-0.3, -0.25) is 19.6 Å². The van der Waals surface area contributed by atoms with Crippen LogP contribution in [0.1, 0.15) is 18.4 Å². The molecule has 0 spiro atoms. The molecule has 1 fully saturated rings. The maximum atomic E-state index is 13.5. The Morgan fingerprint density at radius 3 is 2.56 bits per heavy atom. The summed E-state index contributed by atoms with van der Waals surface area (Å²) < 4.78 is 13.4. The van der Waals surface area contributed by atoms with Crippen LogP contribution in [0.25, 0.3) is 27.7 Å². The first kappa shape index (κ1) is 26.9. The summed E-state index contributed by atoms with van der Waals surface area (Å²) in [5.41, 5.74) is 4.21. The molecule has 6 rings (SSSR count). The summed E-state index contributed by atoms with van der Waals surface area (Å²) in [4.78, 5) is 30.4. The second kappa shape index (κ2) is 11.3. The molecule has 1 saturated heterocycles. The highest BCUT2D eigenvalue weighted by atomic mass is 19.1. The molecule has 8 nitrogen and oxygen atoms in total. The first-order valence-corrected chi connectivity index (χ1v) is 13.9. The van der Waals surface area contributed by atoms with Gasteiger partial charge in [-0.15, -0.1) is 0 Å². The molecule has 0 bridgehead atoms. The molecule has 0 saturated carbocycles. The zero-order valence-electron chi connectivity index (χ0n) is 22.6. The number of nitrogens with one attached hydrogen (secondary N) is 2. The number of likely N-dealkylation sites (tertiary alicyclic amines) is 1. The van der Waals surface area contributed by atoms with E-state index in [-0.39, 0.29) is 30.8 Å². The number of H-pyrrole nitrogens is 1. The van der Waals surface area contributed by atoms with Crippen LogP contribution in [0.3, 0.4) is 0 Å². The summed E-state index contributed by atoms with van der Waals surface area (Å²) in [6, 6.07) is 21.7. The Labute approximate surface area is 237 Å². The van der Waals surface area contributed by atoms with Gasteiger partial charge in [-0.2, -0.15) is 5.10 Å². The molecule has 4 aromatic rings. The van der Waals surface area contributed by atoms with Crippen molar-refractivity contribution in [3.8, 4) is 11.3 Å². The molecule has 1 atom stereocenters. The Kier molecular flexibility index (Phi) is 7.38. The van der Waals surface area contributed by atoms with E-state index in [1.165, 1.54) is 23.3 Å². The van der Waals surface area contributed by atoms with Gasteiger partial charge >= 0.3 is 0 Å².